The van der Waals surface area contributed by atoms with E-state index in [1.807, 2.05) is 30.3 Å². The Hall–Kier alpha value is -3.22. The van der Waals surface area contributed by atoms with Crippen molar-refractivity contribution in [1.82, 2.24) is 19.7 Å². The highest BCUT2D eigenvalue weighted by molar-refractivity contribution is 5.94. The van der Waals surface area contributed by atoms with Crippen LogP contribution in [0.1, 0.15) is 34.9 Å². The first-order valence-corrected chi connectivity index (χ1v) is 8.91. The van der Waals surface area contributed by atoms with Gasteiger partial charge in [0.15, 0.2) is 0 Å². The van der Waals surface area contributed by atoms with Crippen LogP contribution in [0.2, 0.25) is 0 Å². The topological polar surface area (TPSA) is 71.0 Å². The van der Waals surface area contributed by atoms with Crippen LogP contribution in [-0.4, -0.2) is 38.7 Å². The largest absolute Gasteiger partial charge is 0.347 e. The van der Waals surface area contributed by atoms with Crippen molar-refractivity contribution < 1.29 is 9.18 Å². The fourth-order valence-corrected chi connectivity index (χ4v) is 3.55. The van der Waals surface area contributed by atoms with Gasteiger partial charge in [0.25, 0.3) is 5.91 Å². The number of amides is 1. The van der Waals surface area contributed by atoms with Crippen molar-refractivity contribution in [2.75, 3.05) is 13.1 Å². The number of hydrogen-bond acceptors (Lipinski definition) is 3. The fourth-order valence-electron chi connectivity index (χ4n) is 3.55. The summed E-state index contributed by atoms with van der Waals surface area (Å²) in [5.41, 5.74) is 0.855. The van der Waals surface area contributed by atoms with Gasteiger partial charge >= 0.3 is 5.69 Å². The van der Waals surface area contributed by atoms with Gasteiger partial charge in [-0.05, 0) is 43.2 Å². The van der Waals surface area contributed by atoms with E-state index in [1.165, 1.54) is 18.2 Å². The molecule has 0 spiro atoms. The van der Waals surface area contributed by atoms with Gasteiger partial charge in [-0.1, -0.05) is 24.3 Å². The van der Waals surface area contributed by atoms with Gasteiger partial charge in [0.2, 0.25) is 0 Å². The first-order valence-electron chi connectivity index (χ1n) is 8.91. The Morgan fingerprint density at radius 3 is 2.52 bits per heavy atom. The molecule has 138 valence electrons. The quantitative estimate of drug-likeness (QED) is 0.775. The Bertz CT molecular complexity index is 1000. The molecule has 2 aromatic carbocycles. The lowest BCUT2D eigenvalue weighted by Crippen LogP contribution is -2.38. The van der Waals surface area contributed by atoms with Crippen molar-refractivity contribution in [3.63, 3.8) is 0 Å². The van der Waals surface area contributed by atoms with Crippen LogP contribution in [0.15, 0.2) is 59.4 Å². The molecule has 0 bridgehead atoms. The Morgan fingerprint density at radius 2 is 1.81 bits per heavy atom. The van der Waals surface area contributed by atoms with E-state index in [0.717, 1.165) is 5.69 Å². The first kappa shape index (κ1) is 17.2. The van der Waals surface area contributed by atoms with Gasteiger partial charge in [0.05, 0.1) is 5.69 Å². The van der Waals surface area contributed by atoms with Crippen LogP contribution in [0, 0.1) is 5.82 Å². The number of aromatic nitrogens is 3. The van der Waals surface area contributed by atoms with Crippen molar-refractivity contribution in [3.8, 4) is 5.69 Å². The molecule has 0 atom stereocenters. The molecular formula is C20H19FN4O2. The summed E-state index contributed by atoms with van der Waals surface area (Å²) >= 11 is 0. The maximum absolute atomic E-state index is 13.4. The molecule has 0 saturated carbocycles. The van der Waals surface area contributed by atoms with Crippen LogP contribution in [0.4, 0.5) is 4.39 Å². The summed E-state index contributed by atoms with van der Waals surface area (Å²) in [4.78, 5) is 26.5. The maximum atomic E-state index is 13.4. The Balaban J connectivity index is 1.51. The Kier molecular flexibility index (Phi) is 4.58. The first-order chi connectivity index (χ1) is 13.1. The number of likely N-dealkylation sites (tertiary alicyclic amines) is 1. The summed E-state index contributed by atoms with van der Waals surface area (Å²) in [6, 6.07) is 15.1. The minimum Gasteiger partial charge on any atom is -0.339 e. The number of halogens is 1. The zero-order valence-corrected chi connectivity index (χ0v) is 14.6. The molecule has 0 radical (unpaired) electrons. The highest BCUT2D eigenvalue weighted by Gasteiger charge is 2.28. The van der Waals surface area contributed by atoms with E-state index in [-0.39, 0.29) is 17.5 Å². The molecule has 1 aliphatic heterocycles. The van der Waals surface area contributed by atoms with Crippen molar-refractivity contribution in [2.24, 2.45) is 0 Å². The minimum absolute atomic E-state index is 0.0701. The third-order valence-electron chi connectivity index (χ3n) is 4.93. The molecule has 7 heteroatoms. The van der Waals surface area contributed by atoms with Gasteiger partial charge in [-0.2, -0.15) is 5.10 Å². The van der Waals surface area contributed by atoms with Crippen LogP contribution in [-0.2, 0) is 0 Å². The van der Waals surface area contributed by atoms with Gasteiger partial charge in [-0.15, -0.1) is 0 Å². The van der Waals surface area contributed by atoms with Gasteiger partial charge in [-0.25, -0.2) is 18.9 Å². The second-order valence-electron chi connectivity index (χ2n) is 6.63. The molecule has 1 N–H and O–H groups in total. The number of nitrogens with one attached hydrogen (secondary N) is 1. The summed E-state index contributed by atoms with van der Waals surface area (Å²) in [6.07, 6.45) is 1.39. The highest BCUT2D eigenvalue weighted by Crippen LogP contribution is 2.28. The second kappa shape index (κ2) is 7.19. The lowest BCUT2D eigenvalue weighted by molar-refractivity contribution is 0.0710. The molecule has 6 nitrogen and oxygen atoms in total. The molecule has 1 saturated heterocycles. The number of rotatable bonds is 3. The van der Waals surface area contributed by atoms with E-state index in [1.54, 1.807) is 15.5 Å². The standard InChI is InChI=1S/C20H19FN4O2/c21-16-6-4-5-15(13-16)19(26)24-11-9-14(10-12-24)18-22-23-20(27)25(18)17-7-2-1-3-8-17/h1-8,13-14H,9-12H2,(H,23,27). The van der Waals surface area contributed by atoms with Gasteiger partial charge < -0.3 is 4.90 Å². The highest BCUT2D eigenvalue weighted by atomic mass is 19.1. The van der Waals surface area contributed by atoms with Crippen LogP contribution in [0.25, 0.3) is 5.69 Å². The van der Waals surface area contributed by atoms with Crippen molar-refractivity contribution >= 4 is 5.91 Å². The minimum atomic E-state index is -0.417. The van der Waals surface area contributed by atoms with Crippen LogP contribution in [0.5, 0.6) is 0 Å². The normalized spacial score (nSPS) is 15.1. The van der Waals surface area contributed by atoms with Crippen LogP contribution in [0.3, 0.4) is 0 Å². The number of piperidine rings is 1. The lowest BCUT2D eigenvalue weighted by Gasteiger charge is -2.31. The van der Waals surface area contributed by atoms with E-state index >= 15 is 0 Å². The lowest BCUT2D eigenvalue weighted by atomic mass is 9.95. The molecule has 1 aliphatic rings. The number of benzene rings is 2. The number of carbonyl (C=O) groups is 1. The predicted octanol–water partition coefficient (Wildman–Crippen LogP) is 2.72. The smallest absolute Gasteiger partial charge is 0.339 e. The van der Waals surface area contributed by atoms with Crippen molar-refractivity contribution in [3.05, 3.63) is 82.3 Å². The summed E-state index contributed by atoms with van der Waals surface area (Å²) < 4.78 is 15.0. The summed E-state index contributed by atoms with van der Waals surface area (Å²) in [5.74, 6) is 0.166. The van der Waals surface area contributed by atoms with Gasteiger partial charge in [-0.3, -0.25) is 4.79 Å². The van der Waals surface area contributed by atoms with Crippen LogP contribution >= 0.6 is 0 Å². The molecule has 1 fully saturated rings. The number of carbonyl (C=O) groups excluding carboxylic acids is 1. The van der Waals surface area contributed by atoms with Gasteiger partial charge in [0.1, 0.15) is 11.6 Å². The third-order valence-corrected chi connectivity index (χ3v) is 4.93. The second-order valence-corrected chi connectivity index (χ2v) is 6.63. The average Bonchev–Trinajstić information content (AvgIpc) is 3.09. The zero-order chi connectivity index (χ0) is 18.8. The summed E-state index contributed by atoms with van der Waals surface area (Å²) in [6.45, 7) is 1.08. The van der Waals surface area contributed by atoms with E-state index < -0.39 is 5.82 Å². The fraction of sp³-hybridized carbons (Fsp3) is 0.250. The maximum Gasteiger partial charge on any atom is 0.347 e. The summed E-state index contributed by atoms with van der Waals surface area (Å²) in [7, 11) is 0. The monoisotopic (exact) mass is 366 g/mol. The number of hydrogen-bond donors (Lipinski definition) is 1. The zero-order valence-electron chi connectivity index (χ0n) is 14.6. The van der Waals surface area contributed by atoms with E-state index in [2.05, 4.69) is 10.2 Å². The number of para-hydroxylation sites is 1. The molecule has 1 aromatic heterocycles. The van der Waals surface area contributed by atoms with Crippen molar-refractivity contribution in [2.45, 2.75) is 18.8 Å². The average molecular weight is 366 g/mol. The predicted molar refractivity (Wildman–Crippen MR) is 98.5 cm³/mol. The Labute approximate surface area is 155 Å². The SMILES string of the molecule is O=C(c1cccc(F)c1)N1CCC(c2n[nH]c(=O)n2-c2ccccc2)CC1. The number of nitrogens with zero attached hydrogens (tertiary/aromatic N) is 3. The molecule has 3 aromatic rings. The van der Waals surface area contributed by atoms with E-state index in [4.69, 9.17) is 0 Å². The molecular weight excluding hydrogens is 347 g/mol. The molecule has 4 rings (SSSR count). The molecule has 1 amide bonds. The molecule has 0 unspecified atom stereocenters. The number of H-pyrrole nitrogens is 1. The molecule has 2 heterocycles. The van der Waals surface area contributed by atoms with Crippen molar-refractivity contribution in [1.29, 1.82) is 0 Å². The van der Waals surface area contributed by atoms with Crippen LogP contribution < -0.4 is 5.69 Å². The van der Waals surface area contributed by atoms with E-state index in [0.29, 0.717) is 37.3 Å². The van der Waals surface area contributed by atoms with Gasteiger partial charge in [0, 0.05) is 24.6 Å². The third kappa shape index (κ3) is 3.40. The Morgan fingerprint density at radius 1 is 1.07 bits per heavy atom. The molecule has 27 heavy (non-hydrogen) atoms. The van der Waals surface area contributed by atoms with E-state index in [9.17, 15) is 14.0 Å². The summed E-state index contributed by atoms with van der Waals surface area (Å²) in [5, 5.41) is 6.76. The number of aromatic amines is 1. The molecule has 0 aliphatic carbocycles.